The molecular weight excluding hydrogens is 330 g/mol. The van der Waals surface area contributed by atoms with Gasteiger partial charge in [0.25, 0.3) is 0 Å². The normalized spacial score (nSPS) is 17.8. The standard InChI is InChI=1S/C21H26ClN3/c22-18-8-1-2-9-19(18)25-17-16-24(20-10-3-4-11-21(20)25)15-7-14-23-12-5-6-13-23/h1-4,8-11H,5-7,12-17H2. The van der Waals surface area contributed by atoms with E-state index in [0.717, 1.165) is 30.3 Å². The van der Waals surface area contributed by atoms with E-state index >= 15 is 0 Å². The van der Waals surface area contributed by atoms with Gasteiger partial charge in [0.05, 0.1) is 22.1 Å². The van der Waals surface area contributed by atoms with E-state index in [0.29, 0.717) is 0 Å². The van der Waals surface area contributed by atoms with Crippen LogP contribution in [0.1, 0.15) is 19.3 Å². The highest BCUT2D eigenvalue weighted by molar-refractivity contribution is 6.33. The van der Waals surface area contributed by atoms with Gasteiger partial charge in [-0.05, 0) is 63.2 Å². The van der Waals surface area contributed by atoms with Crippen molar-refractivity contribution in [3.05, 3.63) is 53.6 Å². The van der Waals surface area contributed by atoms with Crippen molar-refractivity contribution in [1.29, 1.82) is 0 Å². The molecule has 0 saturated carbocycles. The van der Waals surface area contributed by atoms with Gasteiger partial charge in [0.15, 0.2) is 0 Å². The van der Waals surface area contributed by atoms with E-state index in [-0.39, 0.29) is 0 Å². The fourth-order valence-electron chi connectivity index (χ4n) is 4.07. The van der Waals surface area contributed by atoms with E-state index in [1.165, 1.54) is 50.3 Å². The lowest BCUT2D eigenvalue weighted by Crippen LogP contribution is -2.40. The number of para-hydroxylation sites is 3. The molecule has 0 bridgehead atoms. The van der Waals surface area contributed by atoms with E-state index in [1.807, 2.05) is 12.1 Å². The maximum atomic E-state index is 6.46. The zero-order chi connectivity index (χ0) is 17.1. The summed E-state index contributed by atoms with van der Waals surface area (Å²) in [5.74, 6) is 0. The van der Waals surface area contributed by atoms with Gasteiger partial charge < -0.3 is 14.7 Å². The number of hydrogen-bond donors (Lipinski definition) is 0. The van der Waals surface area contributed by atoms with E-state index in [9.17, 15) is 0 Å². The fourth-order valence-corrected chi connectivity index (χ4v) is 4.30. The van der Waals surface area contributed by atoms with Gasteiger partial charge in [-0.25, -0.2) is 0 Å². The smallest absolute Gasteiger partial charge is 0.0649 e. The third kappa shape index (κ3) is 3.63. The third-order valence-electron chi connectivity index (χ3n) is 5.35. The maximum Gasteiger partial charge on any atom is 0.0649 e. The predicted octanol–water partition coefficient (Wildman–Crippen LogP) is 4.78. The monoisotopic (exact) mass is 355 g/mol. The molecule has 132 valence electrons. The zero-order valence-corrected chi connectivity index (χ0v) is 15.5. The molecule has 2 aromatic rings. The van der Waals surface area contributed by atoms with Crippen molar-refractivity contribution in [3.8, 4) is 0 Å². The molecule has 0 radical (unpaired) electrons. The Morgan fingerprint density at radius 3 is 2.16 bits per heavy atom. The number of hydrogen-bond acceptors (Lipinski definition) is 3. The van der Waals surface area contributed by atoms with Gasteiger partial charge in [0, 0.05) is 19.6 Å². The minimum absolute atomic E-state index is 0.819. The van der Waals surface area contributed by atoms with Crippen LogP contribution in [0.4, 0.5) is 17.1 Å². The summed E-state index contributed by atoms with van der Waals surface area (Å²) in [6.07, 6.45) is 3.99. The van der Waals surface area contributed by atoms with Crippen LogP contribution in [0.5, 0.6) is 0 Å². The highest BCUT2D eigenvalue weighted by Gasteiger charge is 2.24. The lowest BCUT2D eigenvalue weighted by atomic mass is 10.1. The molecule has 1 fully saturated rings. The second-order valence-electron chi connectivity index (χ2n) is 6.98. The van der Waals surface area contributed by atoms with Crippen LogP contribution in [0.15, 0.2) is 48.5 Å². The first-order valence-electron chi connectivity index (χ1n) is 9.41. The minimum atomic E-state index is 0.819. The number of likely N-dealkylation sites (tertiary alicyclic amines) is 1. The van der Waals surface area contributed by atoms with Crippen molar-refractivity contribution in [2.75, 3.05) is 49.1 Å². The Morgan fingerprint density at radius 1 is 0.720 bits per heavy atom. The third-order valence-corrected chi connectivity index (χ3v) is 5.67. The summed E-state index contributed by atoms with van der Waals surface area (Å²) < 4.78 is 0. The highest BCUT2D eigenvalue weighted by Crippen LogP contribution is 2.40. The SMILES string of the molecule is Clc1ccccc1N1CCN(CCCN2CCCC2)c2ccccc21. The van der Waals surface area contributed by atoms with E-state index in [1.54, 1.807) is 0 Å². The number of fused-ring (bicyclic) bond motifs is 1. The quantitative estimate of drug-likeness (QED) is 0.763. The Hall–Kier alpha value is -1.71. The largest absolute Gasteiger partial charge is 0.368 e. The number of benzene rings is 2. The van der Waals surface area contributed by atoms with Crippen LogP contribution in [-0.2, 0) is 0 Å². The molecular formula is C21H26ClN3. The van der Waals surface area contributed by atoms with Crippen molar-refractivity contribution in [2.24, 2.45) is 0 Å². The first-order valence-corrected chi connectivity index (χ1v) is 9.79. The van der Waals surface area contributed by atoms with Crippen LogP contribution in [0.25, 0.3) is 0 Å². The summed E-state index contributed by atoms with van der Waals surface area (Å²) in [7, 11) is 0. The summed E-state index contributed by atoms with van der Waals surface area (Å²) in [4.78, 5) is 7.50. The molecule has 0 aromatic heterocycles. The summed E-state index contributed by atoms with van der Waals surface area (Å²) in [6.45, 7) is 6.96. The van der Waals surface area contributed by atoms with Crippen LogP contribution in [-0.4, -0.2) is 44.2 Å². The van der Waals surface area contributed by atoms with Crippen molar-refractivity contribution in [1.82, 2.24) is 4.90 Å². The molecule has 2 aliphatic rings. The van der Waals surface area contributed by atoms with Crippen LogP contribution < -0.4 is 9.80 Å². The van der Waals surface area contributed by atoms with Crippen LogP contribution in [0.2, 0.25) is 5.02 Å². The summed E-state index contributed by atoms with van der Waals surface area (Å²) in [5, 5.41) is 0.819. The molecule has 2 aliphatic heterocycles. The molecule has 0 N–H and O–H groups in total. The van der Waals surface area contributed by atoms with Crippen molar-refractivity contribution < 1.29 is 0 Å². The lowest BCUT2D eigenvalue weighted by molar-refractivity contribution is 0.334. The van der Waals surface area contributed by atoms with Crippen molar-refractivity contribution >= 4 is 28.7 Å². The van der Waals surface area contributed by atoms with Gasteiger partial charge in [-0.1, -0.05) is 35.9 Å². The summed E-state index contributed by atoms with van der Waals surface area (Å²) >= 11 is 6.46. The van der Waals surface area contributed by atoms with Gasteiger partial charge in [-0.2, -0.15) is 0 Å². The molecule has 2 aromatic carbocycles. The fraction of sp³-hybridized carbons (Fsp3) is 0.429. The van der Waals surface area contributed by atoms with Crippen molar-refractivity contribution in [2.45, 2.75) is 19.3 Å². The minimum Gasteiger partial charge on any atom is -0.368 e. The summed E-state index contributed by atoms with van der Waals surface area (Å²) in [5.41, 5.74) is 3.70. The van der Waals surface area contributed by atoms with Crippen LogP contribution in [0.3, 0.4) is 0 Å². The number of nitrogens with zero attached hydrogens (tertiary/aromatic N) is 3. The van der Waals surface area contributed by atoms with Gasteiger partial charge in [-0.15, -0.1) is 0 Å². The van der Waals surface area contributed by atoms with Crippen LogP contribution >= 0.6 is 11.6 Å². The Bertz CT molecular complexity index is 712. The predicted molar refractivity (Wildman–Crippen MR) is 107 cm³/mol. The average molecular weight is 356 g/mol. The molecule has 0 atom stereocenters. The molecule has 0 amide bonds. The lowest BCUT2D eigenvalue weighted by Gasteiger charge is -2.39. The molecule has 25 heavy (non-hydrogen) atoms. The Balaban J connectivity index is 1.50. The van der Waals surface area contributed by atoms with Crippen molar-refractivity contribution in [3.63, 3.8) is 0 Å². The molecule has 4 rings (SSSR count). The second kappa shape index (κ2) is 7.67. The van der Waals surface area contributed by atoms with E-state index < -0.39 is 0 Å². The molecule has 2 heterocycles. The molecule has 0 spiro atoms. The van der Waals surface area contributed by atoms with Gasteiger partial charge in [-0.3, -0.25) is 0 Å². The van der Waals surface area contributed by atoms with Gasteiger partial charge in [0.1, 0.15) is 0 Å². The molecule has 0 unspecified atom stereocenters. The average Bonchev–Trinajstić information content (AvgIpc) is 3.16. The molecule has 0 aliphatic carbocycles. The number of anilines is 3. The Labute approximate surface area is 155 Å². The van der Waals surface area contributed by atoms with E-state index in [4.69, 9.17) is 11.6 Å². The zero-order valence-electron chi connectivity index (χ0n) is 14.7. The second-order valence-corrected chi connectivity index (χ2v) is 7.39. The highest BCUT2D eigenvalue weighted by atomic mass is 35.5. The summed E-state index contributed by atoms with van der Waals surface area (Å²) in [6, 6.07) is 16.9. The van der Waals surface area contributed by atoms with Gasteiger partial charge >= 0.3 is 0 Å². The van der Waals surface area contributed by atoms with Crippen LogP contribution in [0, 0.1) is 0 Å². The number of rotatable bonds is 5. The Kier molecular flexibility index (Phi) is 5.14. The topological polar surface area (TPSA) is 9.72 Å². The first kappa shape index (κ1) is 16.7. The number of halogens is 1. The molecule has 1 saturated heterocycles. The van der Waals surface area contributed by atoms with Gasteiger partial charge in [0.2, 0.25) is 0 Å². The molecule has 4 heteroatoms. The Morgan fingerprint density at radius 2 is 1.40 bits per heavy atom. The van der Waals surface area contributed by atoms with E-state index in [2.05, 4.69) is 51.1 Å². The maximum absolute atomic E-state index is 6.46. The first-order chi connectivity index (χ1) is 12.3. The molecule has 3 nitrogen and oxygen atoms in total.